The molecule has 0 amide bonds. The molecule has 0 atom stereocenters. The van der Waals surface area contributed by atoms with E-state index in [-0.39, 0.29) is 5.92 Å². The molecule has 0 spiro atoms. The van der Waals surface area contributed by atoms with Crippen molar-refractivity contribution in [3.63, 3.8) is 0 Å². The molecule has 0 N–H and O–H groups in total. The van der Waals surface area contributed by atoms with Crippen molar-refractivity contribution in [2.24, 2.45) is 17.3 Å². The molecule has 0 rings (SSSR count). The molecule has 0 aliphatic carbocycles. The zero-order chi connectivity index (χ0) is 17.2. The van der Waals surface area contributed by atoms with Gasteiger partial charge in [0.25, 0.3) is 0 Å². The summed E-state index contributed by atoms with van der Waals surface area (Å²) in [6, 6.07) is 0. The minimum absolute atomic E-state index is 0.218. The van der Waals surface area contributed by atoms with Gasteiger partial charge in [-0.3, -0.25) is 9.59 Å². The molecule has 0 saturated carbocycles. The van der Waals surface area contributed by atoms with Crippen LogP contribution in [0.15, 0.2) is 0 Å². The molecule has 0 radical (unpaired) electrons. The number of carbonyl (C=O) groups is 2. The maximum Gasteiger partial charge on any atom is 0.323 e. The summed E-state index contributed by atoms with van der Waals surface area (Å²) in [6.07, 6.45) is 3.27. The Hall–Kier alpha value is -1.06. The molecule has 0 fully saturated rings. The largest absolute Gasteiger partial charge is 0.465 e. The molecule has 0 heterocycles. The molecule has 0 aliphatic rings. The van der Waals surface area contributed by atoms with Gasteiger partial charge in [-0.05, 0) is 43.9 Å². The summed E-state index contributed by atoms with van der Waals surface area (Å²) < 4.78 is 10.7. The summed E-state index contributed by atoms with van der Waals surface area (Å²) in [5.41, 5.74) is -1.15. The molecular formula is C18H34O4. The summed E-state index contributed by atoms with van der Waals surface area (Å²) >= 11 is 0. The van der Waals surface area contributed by atoms with E-state index in [1.54, 1.807) is 0 Å². The number of ether oxygens (including phenoxy) is 2. The first-order chi connectivity index (χ1) is 10.3. The fraction of sp³-hybridized carbons (Fsp3) is 0.889. The van der Waals surface area contributed by atoms with Crippen molar-refractivity contribution in [3.05, 3.63) is 0 Å². The van der Waals surface area contributed by atoms with Crippen LogP contribution in [0.5, 0.6) is 0 Å². The van der Waals surface area contributed by atoms with Crippen molar-refractivity contribution in [2.75, 3.05) is 13.2 Å². The number of hydrogen-bond acceptors (Lipinski definition) is 4. The van der Waals surface area contributed by atoms with Crippen molar-refractivity contribution >= 4 is 11.9 Å². The highest BCUT2D eigenvalue weighted by molar-refractivity contribution is 6.00. The van der Waals surface area contributed by atoms with E-state index in [1.165, 1.54) is 0 Å². The third kappa shape index (κ3) is 6.80. The molecule has 0 aromatic heterocycles. The summed E-state index contributed by atoms with van der Waals surface area (Å²) in [7, 11) is 0. The van der Waals surface area contributed by atoms with Crippen LogP contribution < -0.4 is 0 Å². The van der Waals surface area contributed by atoms with Crippen LogP contribution in [0.25, 0.3) is 0 Å². The van der Waals surface area contributed by atoms with Crippen molar-refractivity contribution in [2.45, 2.75) is 73.6 Å². The van der Waals surface area contributed by atoms with Gasteiger partial charge < -0.3 is 9.47 Å². The topological polar surface area (TPSA) is 52.6 Å². The molecule has 0 saturated heterocycles. The number of esters is 2. The first-order valence-electron chi connectivity index (χ1n) is 8.64. The predicted octanol–water partition coefficient (Wildman–Crippen LogP) is 4.36. The zero-order valence-corrected chi connectivity index (χ0v) is 15.2. The van der Waals surface area contributed by atoms with Crippen molar-refractivity contribution in [1.29, 1.82) is 0 Å². The lowest BCUT2D eigenvalue weighted by molar-refractivity contribution is -0.175. The summed E-state index contributed by atoms with van der Waals surface area (Å²) in [5.74, 6) is -0.186. The standard InChI is InChI=1S/C18H34O4/c1-7-11-21-16(19)18(13-15(5)6,10-9-14(3)4)17(20)22-12-8-2/h14-15H,7-13H2,1-6H3. The van der Waals surface area contributed by atoms with E-state index in [0.717, 1.165) is 19.3 Å². The van der Waals surface area contributed by atoms with E-state index in [2.05, 4.69) is 13.8 Å². The second kappa shape index (κ2) is 10.6. The van der Waals surface area contributed by atoms with E-state index in [0.29, 0.717) is 32.0 Å². The lowest BCUT2D eigenvalue weighted by atomic mass is 9.75. The van der Waals surface area contributed by atoms with Crippen LogP contribution in [0.2, 0.25) is 0 Å². The zero-order valence-electron chi connectivity index (χ0n) is 15.2. The Morgan fingerprint density at radius 2 is 1.32 bits per heavy atom. The van der Waals surface area contributed by atoms with E-state index in [1.807, 2.05) is 27.7 Å². The highest BCUT2D eigenvalue weighted by Crippen LogP contribution is 2.36. The fourth-order valence-electron chi connectivity index (χ4n) is 2.45. The molecule has 22 heavy (non-hydrogen) atoms. The Morgan fingerprint density at radius 3 is 1.64 bits per heavy atom. The van der Waals surface area contributed by atoms with E-state index in [9.17, 15) is 9.59 Å². The van der Waals surface area contributed by atoms with E-state index in [4.69, 9.17) is 9.47 Å². The SMILES string of the molecule is CCCOC(=O)C(CCC(C)C)(CC(C)C)C(=O)OCCC. The molecular weight excluding hydrogens is 280 g/mol. The quantitative estimate of drug-likeness (QED) is 0.420. The highest BCUT2D eigenvalue weighted by atomic mass is 16.6. The molecule has 0 aliphatic heterocycles. The van der Waals surface area contributed by atoms with Gasteiger partial charge in [-0.2, -0.15) is 0 Å². The molecule has 4 heteroatoms. The first kappa shape index (κ1) is 20.9. The average molecular weight is 314 g/mol. The maximum absolute atomic E-state index is 12.7. The molecule has 130 valence electrons. The summed E-state index contributed by atoms with van der Waals surface area (Å²) in [5, 5.41) is 0. The van der Waals surface area contributed by atoms with E-state index >= 15 is 0 Å². The van der Waals surface area contributed by atoms with Gasteiger partial charge in [0.1, 0.15) is 0 Å². The number of rotatable bonds is 11. The summed E-state index contributed by atoms with van der Waals surface area (Å²) in [4.78, 5) is 25.3. The molecule has 0 unspecified atom stereocenters. The second-order valence-corrected chi connectivity index (χ2v) is 6.88. The third-order valence-electron chi connectivity index (χ3n) is 3.56. The van der Waals surface area contributed by atoms with Gasteiger partial charge in [0.15, 0.2) is 5.41 Å². The molecule has 0 aromatic carbocycles. The van der Waals surface area contributed by atoms with Gasteiger partial charge in [0.2, 0.25) is 0 Å². The smallest absolute Gasteiger partial charge is 0.323 e. The fourth-order valence-corrected chi connectivity index (χ4v) is 2.45. The van der Waals surface area contributed by atoms with Crippen LogP contribution in [-0.4, -0.2) is 25.2 Å². The lowest BCUT2D eigenvalue weighted by Gasteiger charge is -2.31. The minimum atomic E-state index is -1.15. The van der Waals surface area contributed by atoms with Crippen LogP contribution in [0, 0.1) is 17.3 Å². The van der Waals surface area contributed by atoms with Gasteiger partial charge in [-0.25, -0.2) is 0 Å². The van der Waals surface area contributed by atoms with Crippen LogP contribution in [0.3, 0.4) is 0 Å². The van der Waals surface area contributed by atoms with Crippen LogP contribution in [-0.2, 0) is 19.1 Å². The predicted molar refractivity (Wildman–Crippen MR) is 88.5 cm³/mol. The van der Waals surface area contributed by atoms with Crippen LogP contribution in [0.4, 0.5) is 0 Å². The lowest BCUT2D eigenvalue weighted by Crippen LogP contribution is -2.43. The number of hydrogen-bond donors (Lipinski definition) is 0. The molecule has 0 bridgehead atoms. The Morgan fingerprint density at radius 1 is 0.864 bits per heavy atom. The third-order valence-corrected chi connectivity index (χ3v) is 3.56. The highest BCUT2D eigenvalue weighted by Gasteiger charge is 2.48. The Bertz CT molecular complexity index is 314. The summed E-state index contributed by atoms with van der Waals surface area (Å²) in [6.45, 7) is 12.8. The van der Waals surface area contributed by atoms with Gasteiger partial charge in [-0.15, -0.1) is 0 Å². The monoisotopic (exact) mass is 314 g/mol. The van der Waals surface area contributed by atoms with E-state index < -0.39 is 17.4 Å². The van der Waals surface area contributed by atoms with Crippen molar-refractivity contribution in [1.82, 2.24) is 0 Å². The Labute approximate surface area is 135 Å². The molecule has 0 aromatic rings. The Kier molecular flexibility index (Phi) is 10.1. The first-order valence-corrected chi connectivity index (χ1v) is 8.64. The second-order valence-electron chi connectivity index (χ2n) is 6.88. The normalized spacial score (nSPS) is 11.8. The van der Waals surface area contributed by atoms with Gasteiger partial charge in [-0.1, -0.05) is 41.5 Å². The van der Waals surface area contributed by atoms with Gasteiger partial charge in [0, 0.05) is 0 Å². The van der Waals surface area contributed by atoms with Crippen molar-refractivity contribution in [3.8, 4) is 0 Å². The maximum atomic E-state index is 12.7. The van der Waals surface area contributed by atoms with Crippen LogP contribution >= 0.6 is 0 Å². The number of carbonyl (C=O) groups excluding carboxylic acids is 2. The van der Waals surface area contributed by atoms with Crippen LogP contribution in [0.1, 0.15) is 73.6 Å². The van der Waals surface area contributed by atoms with Crippen molar-refractivity contribution < 1.29 is 19.1 Å². The Balaban J connectivity index is 5.37. The minimum Gasteiger partial charge on any atom is -0.465 e. The average Bonchev–Trinajstić information content (AvgIpc) is 2.45. The molecule has 4 nitrogen and oxygen atoms in total. The van der Waals surface area contributed by atoms with Gasteiger partial charge in [0.05, 0.1) is 13.2 Å². The van der Waals surface area contributed by atoms with Gasteiger partial charge >= 0.3 is 11.9 Å².